The quantitative estimate of drug-likeness (QED) is 0.460. The molecule has 35 heavy (non-hydrogen) atoms. The van der Waals surface area contributed by atoms with Gasteiger partial charge in [0.05, 0.1) is 23.0 Å². The number of halogens is 2. The van der Waals surface area contributed by atoms with Gasteiger partial charge < -0.3 is 25.2 Å². The highest BCUT2D eigenvalue weighted by Crippen LogP contribution is 2.31. The number of hydrogen-bond acceptors (Lipinski definition) is 8. The second kappa shape index (κ2) is 9.87. The molecule has 0 bridgehead atoms. The third-order valence-electron chi connectivity index (χ3n) is 5.86. The maximum absolute atomic E-state index is 14.0. The molecular weight excluding hydrogens is 456 g/mol. The summed E-state index contributed by atoms with van der Waals surface area (Å²) < 4.78 is 33.2. The van der Waals surface area contributed by atoms with Crippen molar-refractivity contribution in [2.75, 3.05) is 23.3 Å². The van der Waals surface area contributed by atoms with Crippen molar-refractivity contribution in [2.45, 2.75) is 64.4 Å². The minimum atomic E-state index is -1.36. The Bertz CT molecular complexity index is 1190. The van der Waals surface area contributed by atoms with Crippen LogP contribution in [0.3, 0.4) is 0 Å². The molecule has 1 aliphatic rings. The van der Waals surface area contributed by atoms with Gasteiger partial charge >= 0.3 is 0 Å². The minimum absolute atomic E-state index is 0.0819. The lowest BCUT2D eigenvalue weighted by molar-refractivity contribution is -0.0516. The van der Waals surface area contributed by atoms with Crippen molar-refractivity contribution >= 4 is 22.7 Å². The minimum Gasteiger partial charge on any atom is -0.487 e. The van der Waals surface area contributed by atoms with Crippen molar-refractivity contribution in [1.82, 2.24) is 15.0 Å². The standard InChI is InChI=1S/C25H31F2N5O3/c1-14(2)29-23-24(31-18-12-19(22(33)25(3,4)34)28-13-20(18)30-23)32-9-7-16(8-10-32)35-21-11-15(26)5-6-17(21)27/h5-6,11-14,16,22,33-34H,7-10H2,1-4H3,(H,29,30). The molecule has 8 nitrogen and oxygen atoms in total. The molecule has 0 amide bonds. The van der Waals surface area contributed by atoms with Crippen LogP contribution >= 0.6 is 0 Å². The number of anilines is 2. The summed E-state index contributed by atoms with van der Waals surface area (Å²) in [5, 5.41) is 24.0. The van der Waals surface area contributed by atoms with Crippen molar-refractivity contribution in [3.05, 3.63) is 47.8 Å². The third kappa shape index (κ3) is 5.76. The average Bonchev–Trinajstić information content (AvgIpc) is 2.80. The summed E-state index contributed by atoms with van der Waals surface area (Å²) in [5.74, 6) is 0.0483. The normalized spacial score (nSPS) is 16.1. The maximum Gasteiger partial charge on any atom is 0.172 e. The zero-order valence-electron chi connectivity index (χ0n) is 20.3. The molecule has 0 spiro atoms. The number of aliphatic hydroxyl groups is 2. The van der Waals surface area contributed by atoms with Crippen LogP contribution in [0.5, 0.6) is 5.75 Å². The molecule has 2 aromatic heterocycles. The van der Waals surface area contributed by atoms with Crippen molar-refractivity contribution in [2.24, 2.45) is 0 Å². The maximum atomic E-state index is 14.0. The molecule has 1 fully saturated rings. The second-order valence-corrected chi connectivity index (χ2v) is 9.73. The molecule has 3 aromatic rings. The first-order valence-corrected chi connectivity index (χ1v) is 11.7. The van der Waals surface area contributed by atoms with Crippen LogP contribution < -0.4 is 15.0 Å². The second-order valence-electron chi connectivity index (χ2n) is 9.73. The van der Waals surface area contributed by atoms with Crippen LogP contribution in [-0.4, -0.2) is 56.0 Å². The number of benzene rings is 1. The lowest BCUT2D eigenvalue weighted by Gasteiger charge is -2.34. The van der Waals surface area contributed by atoms with Crippen LogP contribution in [-0.2, 0) is 0 Å². The summed E-state index contributed by atoms with van der Waals surface area (Å²) in [4.78, 5) is 15.9. The Balaban J connectivity index is 1.58. The molecule has 4 rings (SSSR count). The van der Waals surface area contributed by atoms with Crippen molar-refractivity contribution in [1.29, 1.82) is 0 Å². The average molecular weight is 488 g/mol. The number of rotatable bonds is 7. The fourth-order valence-corrected chi connectivity index (χ4v) is 4.00. The lowest BCUT2D eigenvalue weighted by atomic mass is 9.98. The van der Waals surface area contributed by atoms with Gasteiger partial charge in [0.2, 0.25) is 0 Å². The van der Waals surface area contributed by atoms with E-state index in [0.717, 1.165) is 18.2 Å². The van der Waals surface area contributed by atoms with Gasteiger partial charge in [-0.2, -0.15) is 0 Å². The fourth-order valence-electron chi connectivity index (χ4n) is 4.00. The molecule has 1 aromatic carbocycles. The van der Waals surface area contributed by atoms with E-state index in [9.17, 15) is 19.0 Å². The molecular formula is C25H31F2N5O3. The van der Waals surface area contributed by atoms with E-state index in [4.69, 9.17) is 14.7 Å². The Morgan fingerprint density at radius 3 is 2.49 bits per heavy atom. The van der Waals surface area contributed by atoms with E-state index >= 15 is 0 Å². The van der Waals surface area contributed by atoms with Crippen molar-refractivity contribution in [3.63, 3.8) is 0 Å². The van der Waals surface area contributed by atoms with Gasteiger partial charge in [0.15, 0.2) is 23.2 Å². The molecule has 1 atom stereocenters. The van der Waals surface area contributed by atoms with E-state index in [2.05, 4.69) is 15.2 Å². The Morgan fingerprint density at radius 1 is 1.11 bits per heavy atom. The van der Waals surface area contributed by atoms with Gasteiger partial charge in [0, 0.05) is 38.0 Å². The monoisotopic (exact) mass is 487 g/mol. The van der Waals surface area contributed by atoms with Crippen LogP contribution in [0.4, 0.5) is 20.4 Å². The van der Waals surface area contributed by atoms with E-state index in [1.54, 1.807) is 6.07 Å². The zero-order valence-corrected chi connectivity index (χ0v) is 20.3. The topological polar surface area (TPSA) is 104 Å². The number of ether oxygens (including phenoxy) is 1. The van der Waals surface area contributed by atoms with E-state index < -0.39 is 23.3 Å². The molecule has 1 aliphatic heterocycles. The van der Waals surface area contributed by atoms with E-state index in [1.807, 2.05) is 13.8 Å². The number of aromatic nitrogens is 3. The van der Waals surface area contributed by atoms with Gasteiger partial charge in [0.25, 0.3) is 0 Å². The molecule has 0 radical (unpaired) electrons. The number of aliphatic hydroxyl groups excluding tert-OH is 1. The van der Waals surface area contributed by atoms with Gasteiger partial charge in [-0.05, 0) is 45.9 Å². The van der Waals surface area contributed by atoms with Gasteiger partial charge in [0.1, 0.15) is 23.5 Å². The summed E-state index contributed by atoms with van der Waals surface area (Å²) in [6, 6.07) is 4.94. The van der Waals surface area contributed by atoms with Gasteiger partial charge in [-0.1, -0.05) is 0 Å². The largest absolute Gasteiger partial charge is 0.487 e. The molecule has 3 heterocycles. The number of pyridine rings is 1. The highest BCUT2D eigenvalue weighted by molar-refractivity contribution is 5.80. The summed E-state index contributed by atoms with van der Waals surface area (Å²) >= 11 is 0. The Hall–Kier alpha value is -3.11. The van der Waals surface area contributed by atoms with Crippen LogP contribution in [0.15, 0.2) is 30.5 Å². The number of hydrogen-bond donors (Lipinski definition) is 3. The number of nitrogens with zero attached hydrogens (tertiary/aromatic N) is 4. The smallest absolute Gasteiger partial charge is 0.172 e. The highest BCUT2D eigenvalue weighted by atomic mass is 19.1. The third-order valence-corrected chi connectivity index (χ3v) is 5.86. The Kier molecular flexibility index (Phi) is 7.05. The van der Waals surface area contributed by atoms with Gasteiger partial charge in [-0.3, -0.25) is 4.98 Å². The lowest BCUT2D eigenvalue weighted by Crippen LogP contribution is -2.39. The number of nitrogens with one attached hydrogen (secondary N) is 1. The SMILES string of the molecule is CC(C)Nc1nc2cnc(C(O)C(C)(C)O)cc2nc1N1CCC(Oc2cc(F)ccc2F)CC1. The molecule has 3 N–H and O–H groups in total. The van der Waals surface area contributed by atoms with Crippen LogP contribution in [0.25, 0.3) is 11.0 Å². The molecule has 188 valence electrons. The zero-order chi connectivity index (χ0) is 25.3. The molecule has 0 saturated carbocycles. The predicted molar refractivity (Wildman–Crippen MR) is 130 cm³/mol. The Morgan fingerprint density at radius 2 is 1.83 bits per heavy atom. The number of piperidine rings is 1. The summed E-state index contributed by atoms with van der Waals surface area (Å²) in [6.45, 7) is 8.20. The molecule has 0 aliphatic carbocycles. The molecule has 10 heteroatoms. The van der Waals surface area contributed by atoms with Crippen LogP contribution in [0, 0.1) is 11.6 Å². The van der Waals surface area contributed by atoms with E-state index in [0.29, 0.717) is 54.3 Å². The van der Waals surface area contributed by atoms with E-state index in [1.165, 1.54) is 20.0 Å². The van der Waals surface area contributed by atoms with Crippen molar-refractivity contribution < 1.29 is 23.7 Å². The van der Waals surface area contributed by atoms with Crippen LogP contribution in [0.2, 0.25) is 0 Å². The van der Waals surface area contributed by atoms with Crippen molar-refractivity contribution in [3.8, 4) is 5.75 Å². The van der Waals surface area contributed by atoms with Crippen LogP contribution in [0.1, 0.15) is 52.3 Å². The summed E-state index contributed by atoms with van der Waals surface area (Å²) in [5.41, 5.74) is 0.0456. The van der Waals surface area contributed by atoms with Gasteiger partial charge in [-0.25, -0.2) is 18.7 Å². The van der Waals surface area contributed by atoms with E-state index in [-0.39, 0.29) is 17.9 Å². The summed E-state index contributed by atoms with van der Waals surface area (Å²) in [7, 11) is 0. The summed E-state index contributed by atoms with van der Waals surface area (Å²) in [6.07, 6.45) is 1.29. The molecule has 1 saturated heterocycles. The first kappa shape index (κ1) is 25.0. The first-order valence-electron chi connectivity index (χ1n) is 11.7. The predicted octanol–water partition coefficient (Wildman–Crippen LogP) is 3.98. The highest BCUT2D eigenvalue weighted by Gasteiger charge is 2.29. The Labute approximate surface area is 203 Å². The first-order chi connectivity index (χ1) is 16.5. The molecule has 1 unspecified atom stereocenters. The number of fused-ring (bicyclic) bond motifs is 1. The van der Waals surface area contributed by atoms with Gasteiger partial charge in [-0.15, -0.1) is 0 Å². The fraction of sp³-hybridized carbons (Fsp3) is 0.480.